The minimum Gasteiger partial charge on any atom is -0.507 e. The highest BCUT2D eigenvalue weighted by molar-refractivity contribution is 7.89. The highest BCUT2D eigenvalue weighted by atomic mass is 32.2. The molecule has 0 bridgehead atoms. The van der Waals surface area contributed by atoms with Gasteiger partial charge in [-0.15, -0.1) is 6.42 Å². The van der Waals surface area contributed by atoms with Crippen molar-refractivity contribution in [3.63, 3.8) is 0 Å². The predicted molar refractivity (Wildman–Crippen MR) is 77.3 cm³/mol. The topological polar surface area (TPSA) is 83.9 Å². The minimum absolute atomic E-state index is 0.0649. The maximum absolute atomic E-state index is 12.5. The van der Waals surface area contributed by atoms with Crippen LogP contribution >= 0.6 is 0 Å². The van der Waals surface area contributed by atoms with Gasteiger partial charge in [-0.1, -0.05) is 12.8 Å². The summed E-state index contributed by atoms with van der Waals surface area (Å²) in [6.07, 6.45) is 5.79. The normalized spacial score (nSPS) is 11.1. The number of esters is 1. The van der Waals surface area contributed by atoms with Crippen molar-refractivity contribution in [2.45, 2.75) is 18.2 Å². The second kappa shape index (κ2) is 7.11. The molecule has 1 aromatic carbocycles. The van der Waals surface area contributed by atoms with Gasteiger partial charge in [-0.05, 0) is 24.6 Å². The predicted octanol–water partition coefficient (Wildman–Crippen LogP) is 1.21. The molecule has 0 unspecified atom stereocenters. The number of hydrogen-bond acceptors (Lipinski definition) is 5. The molecule has 0 heterocycles. The van der Waals surface area contributed by atoms with Gasteiger partial charge >= 0.3 is 5.97 Å². The standard InChI is InChI=1S/C14H17NO5S/c1-4-8-15(9-5-2)21(18,19)11-6-7-13(16)12(10-11)14(17)20-3/h1,6-7,10,16H,5,8-9H2,2-3H3. The SMILES string of the molecule is C#CCN(CCC)S(=O)(=O)c1ccc(O)c(C(=O)OC)c1. The third-order valence-electron chi connectivity index (χ3n) is 2.75. The lowest BCUT2D eigenvalue weighted by atomic mass is 10.2. The van der Waals surface area contributed by atoms with Crippen LogP contribution in [0.5, 0.6) is 5.75 Å². The van der Waals surface area contributed by atoms with E-state index in [2.05, 4.69) is 10.7 Å². The van der Waals surface area contributed by atoms with E-state index in [4.69, 9.17) is 6.42 Å². The van der Waals surface area contributed by atoms with E-state index < -0.39 is 16.0 Å². The van der Waals surface area contributed by atoms with Crippen molar-refractivity contribution in [1.29, 1.82) is 0 Å². The van der Waals surface area contributed by atoms with E-state index in [9.17, 15) is 18.3 Å². The summed E-state index contributed by atoms with van der Waals surface area (Å²) >= 11 is 0. The van der Waals surface area contributed by atoms with Gasteiger partial charge in [-0.2, -0.15) is 4.31 Å². The summed E-state index contributed by atoms with van der Waals surface area (Å²) in [6, 6.07) is 3.44. The maximum atomic E-state index is 12.5. The molecule has 0 saturated heterocycles. The minimum atomic E-state index is -3.83. The highest BCUT2D eigenvalue weighted by Gasteiger charge is 2.25. The van der Waals surface area contributed by atoms with E-state index in [-0.39, 0.29) is 29.3 Å². The van der Waals surface area contributed by atoms with Crippen molar-refractivity contribution in [1.82, 2.24) is 4.31 Å². The fourth-order valence-corrected chi connectivity index (χ4v) is 3.21. The van der Waals surface area contributed by atoms with Crippen LogP contribution in [0.2, 0.25) is 0 Å². The molecule has 1 aromatic rings. The molecule has 114 valence electrons. The molecule has 0 amide bonds. The first kappa shape index (κ1) is 17.0. The lowest BCUT2D eigenvalue weighted by Gasteiger charge is -2.19. The van der Waals surface area contributed by atoms with E-state index in [1.807, 2.05) is 6.92 Å². The van der Waals surface area contributed by atoms with Crippen LogP contribution in [0.1, 0.15) is 23.7 Å². The summed E-state index contributed by atoms with van der Waals surface area (Å²) in [5.74, 6) is 1.13. The summed E-state index contributed by atoms with van der Waals surface area (Å²) in [5.41, 5.74) is -0.212. The number of terminal acetylenes is 1. The summed E-state index contributed by atoms with van der Waals surface area (Å²) in [5, 5.41) is 9.61. The first-order valence-electron chi connectivity index (χ1n) is 6.23. The molecule has 21 heavy (non-hydrogen) atoms. The van der Waals surface area contributed by atoms with Gasteiger partial charge in [0.15, 0.2) is 0 Å². The number of nitrogens with zero attached hydrogens (tertiary/aromatic N) is 1. The van der Waals surface area contributed by atoms with Crippen LogP contribution < -0.4 is 0 Å². The quantitative estimate of drug-likeness (QED) is 0.630. The van der Waals surface area contributed by atoms with Crippen LogP contribution in [0.4, 0.5) is 0 Å². The van der Waals surface area contributed by atoms with E-state index >= 15 is 0 Å². The Morgan fingerprint density at radius 2 is 2.14 bits per heavy atom. The average Bonchev–Trinajstić information content (AvgIpc) is 2.46. The lowest BCUT2D eigenvalue weighted by Crippen LogP contribution is -2.32. The molecule has 1 rings (SSSR count). The van der Waals surface area contributed by atoms with Gasteiger partial charge in [0.1, 0.15) is 11.3 Å². The van der Waals surface area contributed by atoms with Gasteiger partial charge in [-0.25, -0.2) is 13.2 Å². The van der Waals surface area contributed by atoms with Crippen molar-refractivity contribution < 1.29 is 23.1 Å². The summed E-state index contributed by atoms with van der Waals surface area (Å²) < 4.78 is 30.6. The molecule has 0 atom stereocenters. The Kier molecular flexibility index (Phi) is 5.76. The first-order chi connectivity index (χ1) is 9.88. The fraction of sp³-hybridized carbons (Fsp3) is 0.357. The first-order valence-corrected chi connectivity index (χ1v) is 7.67. The summed E-state index contributed by atoms with van der Waals surface area (Å²) in [6.45, 7) is 2.03. The monoisotopic (exact) mass is 311 g/mol. The fourth-order valence-electron chi connectivity index (χ4n) is 1.73. The molecular formula is C14H17NO5S. The van der Waals surface area contributed by atoms with Crippen molar-refractivity contribution in [2.24, 2.45) is 0 Å². The molecule has 0 fully saturated rings. The molecule has 0 saturated carbocycles. The van der Waals surface area contributed by atoms with E-state index in [0.717, 1.165) is 23.5 Å². The van der Waals surface area contributed by atoms with E-state index in [1.165, 1.54) is 6.07 Å². The van der Waals surface area contributed by atoms with E-state index in [0.29, 0.717) is 6.42 Å². The molecule has 0 spiro atoms. The van der Waals surface area contributed by atoms with Gasteiger partial charge in [-0.3, -0.25) is 0 Å². The molecule has 6 nitrogen and oxygen atoms in total. The Morgan fingerprint density at radius 3 is 2.67 bits per heavy atom. The Morgan fingerprint density at radius 1 is 1.48 bits per heavy atom. The Hall–Kier alpha value is -2.04. The third kappa shape index (κ3) is 3.74. The summed E-state index contributed by atoms with van der Waals surface area (Å²) in [4.78, 5) is 11.4. The number of aromatic hydroxyl groups is 1. The van der Waals surface area contributed by atoms with Crippen LogP contribution in [0, 0.1) is 12.3 Å². The second-order valence-corrected chi connectivity index (χ2v) is 6.15. The molecular weight excluding hydrogens is 294 g/mol. The number of benzene rings is 1. The number of hydrogen-bond donors (Lipinski definition) is 1. The second-order valence-electron chi connectivity index (χ2n) is 4.21. The van der Waals surface area contributed by atoms with E-state index in [1.54, 1.807) is 0 Å². The molecule has 0 aliphatic rings. The number of carbonyl (C=O) groups excluding carboxylic acids is 1. The van der Waals surface area contributed by atoms with Crippen molar-refractivity contribution in [3.05, 3.63) is 23.8 Å². The molecule has 1 N–H and O–H groups in total. The Bertz CT molecular complexity index is 660. The molecule has 0 aromatic heterocycles. The van der Waals surface area contributed by atoms with Gasteiger partial charge in [0.05, 0.1) is 18.6 Å². The van der Waals surface area contributed by atoms with Gasteiger partial charge in [0.2, 0.25) is 10.0 Å². The summed E-state index contributed by atoms with van der Waals surface area (Å²) in [7, 11) is -2.69. The van der Waals surface area contributed by atoms with Crippen LogP contribution in [-0.2, 0) is 14.8 Å². The zero-order valence-corrected chi connectivity index (χ0v) is 12.7. The van der Waals surface area contributed by atoms with Crippen LogP contribution in [0.15, 0.2) is 23.1 Å². The van der Waals surface area contributed by atoms with Crippen LogP contribution in [0.3, 0.4) is 0 Å². The van der Waals surface area contributed by atoms with Crippen LogP contribution in [0.25, 0.3) is 0 Å². The maximum Gasteiger partial charge on any atom is 0.341 e. The number of phenolic OH excluding ortho intramolecular Hbond substituents is 1. The lowest BCUT2D eigenvalue weighted by molar-refractivity contribution is 0.0597. The number of rotatable bonds is 6. The third-order valence-corrected chi connectivity index (χ3v) is 4.59. The zero-order chi connectivity index (χ0) is 16.0. The van der Waals surface area contributed by atoms with Gasteiger partial charge in [0, 0.05) is 6.54 Å². The number of phenols is 1. The highest BCUT2D eigenvalue weighted by Crippen LogP contribution is 2.24. The smallest absolute Gasteiger partial charge is 0.341 e. The Labute approximate surface area is 124 Å². The van der Waals surface area contributed by atoms with Crippen molar-refractivity contribution in [3.8, 4) is 18.1 Å². The molecule has 0 aliphatic carbocycles. The molecule has 0 aliphatic heterocycles. The Balaban J connectivity index is 3.31. The molecule has 7 heteroatoms. The average molecular weight is 311 g/mol. The number of ether oxygens (including phenoxy) is 1. The van der Waals surface area contributed by atoms with Crippen molar-refractivity contribution >= 4 is 16.0 Å². The number of sulfonamides is 1. The van der Waals surface area contributed by atoms with Gasteiger partial charge < -0.3 is 9.84 Å². The largest absolute Gasteiger partial charge is 0.507 e. The van der Waals surface area contributed by atoms with Gasteiger partial charge in [0.25, 0.3) is 0 Å². The van der Waals surface area contributed by atoms with Crippen LogP contribution in [-0.4, -0.2) is 44.0 Å². The molecule has 0 radical (unpaired) electrons. The number of methoxy groups -OCH3 is 1. The zero-order valence-electron chi connectivity index (χ0n) is 11.9. The number of carbonyl (C=O) groups is 1. The van der Waals surface area contributed by atoms with Crippen molar-refractivity contribution in [2.75, 3.05) is 20.2 Å².